The molecule has 3 rings (SSSR count). The number of rotatable bonds is 9. The van der Waals surface area contributed by atoms with Crippen LogP contribution in [-0.4, -0.2) is 28.2 Å². The van der Waals surface area contributed by atoms with E-state index in [1.807, 2.05) is 66.7 Å². The molecule has 0 spiro atoms. The second kappa shape index (κ2) is 10.1. The molecule has 0 radical (unpaired) electrons. The van der Waals surface area contributed by atoms with Gasteiger partial charge in [0.15, 0.2) is 0 Å². The molecular weight excluding hydrogens is 406 g/mol. The molecule has 0 aliphatic carbocycles. The number of benzene rings is 3. The minimum atomic E-state index is -0.891. The Hall–Kier alpha value is -2.29. The number of methoxy groups -OCH3 is 1. The van der Waals surface area contributed by atoms with Gasteiger partial charge in [-0.05, 0) is 0 Å². The van der Waals surface area contributed by atoms with E-state index >= 15 is 0 Å². The number of hydrogen-bond acceptors (Lipinski definition) is 2. The van der Waals surface area contributed by atoms with Crippen LogP contribution >= 0.6 is 0 Å². The molecule has 0 fully saturated rings. The number of ether oxygens (including phenoxy) is 2. The summed E-state index contributed by atoms with van der Waals surface area (Å²) in [5.74, 6) is 1.40. The van der Waals surface area contributed by atoms with Crippen LogP contribution in [0.1, 0.15) is 11.1 Å². The van der Waals surface area contributed by atoms with Crippen LogP contribution in [0.5, 0.6) is 11.5 Å². The molecule has 0 aromatic heterocycles. The average Bonchev–Trinajstić information content (AvgIpc) is 2.73. The summed E-state index contributed by atoms with van der Waals surface area (Å²) in [4.78, 5) is 0. The van der Waals surface area contributed by atoms with E-state index in [4.69, 9.17) is 9.47 Å². The van der Waals surface area contributed by atoms with Crippen LogP contribution in [0, 0.1) is 0 Å². The first-order valence-corrected chi connectivity index (χ1v) is 11.0. The van der Waals surface area contributed by atoms with Gasteiger partial charge in [-0.25, -0.2) is 0 Å². The van der Waals surface area contributed by atoms with Crippen LogP contribution in [0.15, 0.2) is 78.9 Å². The normalized spacial score (nSPS) is 11.8. The first kappa shape index (κ1) is 19.5. The Morgan fingerprint density at radius 3 is 2.33 bits per heavy atom. The predicted molar refractivity (Wildman–Crippen MR) is 109 cm³/mol. The molecule has 0 amide bonds. The molecule has 140 valence electrons. The molecule has 0 bridgehead atoms. The molecule has 3 aromatic carbocycles. The van der Waals surface area contributed by atoms with Gasteiger partial charge >= 0.3 is 166 Å². The molecule has 0 aliphatic heterocycles. The Balaban J connectivity index is 1.64. The van der Waals surface area contributed by atoms with Crippen molar-refractivity contribution in [1.82, 2.24) is 0 Å². The van der Waals surface area contributed by atoms with E-state index in [1.165, 1.54) is 4.46 Å². The van der Waals surface area contributed by atoms with Gasteiger partial charge in [0.05, 0.1) is 0 Å². The van der Waals surface area contributed by atoms with Crippen molar-refractivity contribution in [2.45, 2.75) is 24.5 Å². The molecule has 0 heterocycles. The van der Waals surface area contributed by atoms with E-state index in [1.54, 1.807) is 7.11 Å². The fourth-order valence-electron chi connectivity index (χ4n) is 2.70. The van der Waals surface area contributed by atoms with Gasteiger partial charge in [0.1, 0.15) is 0 Å². The Morgan fingerprint density at radius 1 is 0.926 bits per heavy atom. The Labute approximate surface area is 166 Å². The summed E-state index contributed by atoms with van der Waals surface area (Å²) in [6, 6.07) is 25.7. The monoisotopic (exact) mass is 430 g/mol. The molecule has 3 aromatic rings. The third kappa shape index (κ3) is 6.13. The summed E-state index contributed by atoms with van der Waals surface area (Å²) in [7, 11) is 1.62. The van der Waals surface area contributed by atoms with Gasteiger partial charge in [-0.1, -0.05) is 0 Å². The van der Waals surface area contributed by atoms with Gasteiger partial charge < -0.3 is 0 Å². The molecule has 1 unspecified atom stereocenters. The van der Waals surface area contributed by atoms with Crippen LogP contribution in [0.2, 0.25) is 5.32 Å². The van der Waals surface area contributed by atoms with Crippen LogP contribution in [0.4, 0.5) is 4.39 Å². The zero-order valence-electron chi connectivity index (χ0n) is 15.3. The van der Waals surface area contributed by atoms with Crippen molar-refractivity contribution in [2.75, 3.05) is 7.11 Å². The van der Waals surface area contributed by atoms with Crippen molar-refractivity contribution in [2.24, 2.45) is 0 Å². The van der Waals surface area contributed by atoms with Crippen molar-refractivity contribution in [3.05, 3.63) is 90.0 Å². The van der Waals surface area contributed by atoms with Crippen molar-refractivity contribution in [1.29, 1.82) is 0 Å². The third-order valence-electron chi connectivity index (χ3n) is 4.13. The molecule has 0 aliphatic rings. The zero-order valence-corrected chi connectivity index (χ0v) is 17.0. The third-order valence-corrected chi connectivity index (χ3v) is 6.51. The number of halogens is 1. The number of hydrogen-bond donors (Lipinski definition) is 0. The SMILES string of the molecule is COc1ccc(CC(F)C[Se]c2ccccc2)c(OCc2ccccc2)c1. The molecule has 2 nitrogen and oxygen atoms in total. The van der Waals surface area contributed by atoms with Crippen molar-refractivity contribution in [3.8, 4) is 11.5 Å². The molecule has 0 saturated carbocycles. The predicted octanol–water partition coefficient (Wildman–Crippen LogP) is 4.60. The van der Waals surface area contributed by atoms with E-state index in [9.17, 15) is 4.39 Å². The molecule has 0 saturated heterocycles. The topological polar surface area (TPSA) is 18.5 Å². The van der Waals surface area contributed by atoms with E-state index in [2.05, 4.69) is 12.1 Å². The Kier molecular flexibility index (Phi) is 7.32. The first-order valence-electron chi connectivity index (χ1n) is 8.90. The second-order valence-corrected chi connectivity index (χ2v) is 8.47. The van der Waals surface area contributed by atoms with Gasteiger partial charge in [0.25, 0.3) is 0 Å². The van der Waals surface area contributed by atoms with Crippen molar-refractivity contribution < 1.29 is 13.9 Å². The van der Waals surface area contributed by atoms with E-state index in [0.29, 0.717) is 29.8 Å². The quantitative estimate of drug-likeness (QED) is 0.463. The van der Waals surface area contributed by atoms with E-state index in [-0.39, 0.29) is 15.0 Å². The summed E-state index contributed by atoms with van der Waals surface area (Å²) >= 11 is 0.137. The second-order valence-electron chi connectivity index (χ2n) is 6.17. The van der Waals surface area contributed by atoms with Crippen molar-refractivity contribution >= 4 is 19.4 Å². The Bertz CT molecular complexity index is 824. The molecule has 27 heavy (non-hydrogen) atoms. The van der Waals surface area contributed by atoms with E-state index < -0.39 is 6.17 Å². The maximum absolute atomic E-state index is 14.6. The van der Waals surface area contributed by atoms with Crippen LogP contribution < -0.4 is 13.9 Å². The van der Waals surface area contributed by atoms with Crippen LogP contribution in [0.3, 0.4) is 0 Å². The van der Waals surface area contributed by atoms with Gasteiger partial charge in [-0.2, -0.15) is 0 Å². The summed E-state index contributed by atoms with van der Waals surface area (Å²) in [6.45, 7) is 0.450. The maximum atomic E-state index is 14.6. The zero-order chi connectivity index (χ0) is 18.9. The molecular formula is C23H23FO2Se. The summed E-state index contributed by atoms with van der Waals surface area (Å²) in [5, 5.41) is 0.557. The van der Waals surface area contributed by atoms with E-state index in [0.717, 1.165) is 11.1 Å². The van der Waals surface area contributed by atoms with Gasteiger partial charge in [-0.3, -0.25) is 0 Å². The van der Waals surface area contributed by atoms with Gasteiger partial charge in [0.2, 0.25) is 0 Å². The molecule has 4 heteroatoms. The summed E-state index contributed by atoms with van der Waals surface area (Å²) in [6.07, 6.45) is -0.541. The summed E-state index contributed by atoms with van der Waals surface area (Å²) in [5.41, 5.74) is 1.96. The van der Waals surface area contributed by atoms with Crippen LogP contribution in [-0.2, 0) is 13.0 Å². The first-order chi connectivity index (χ1) is 13.2. The standard InChI is InChI=1S/C23H23FO2Se/c1-25-21-13-12-19(14-20(24)17-27-22-10-6-3-7-11-22)23(15-21)26-16-18-8-4-2-5-9-18/h2-13,15,20H,14,16-17H2,1H3. The average molecular weight is 429 g/mol. The van der Waals surface area contributed by atoms with Crippen LogP contribution in [0.25, 0.3) is 0 Å². The Morgan fingerprint density at radius 2 is 1.63 bits per heavy atom. The molecule has 0 N–H and O–H groups in total. The fraction of sp³-hybridized carbons (Fsp3) is 0.217. The number of alkyl halides is 1. The van der Waals surface area contributed by atoms with Gasteiger partial charge in [-0.15, -0.1) is 0 Å². The van der Waals surface area contributed by atoms with Gasteiger partial charge in [0, 0.05) is 0 Å². The molecule has 1 atom stereocenters. The summed E-state index contributed by atoms with van der Waals surface area (Å²) < 4.78 is 27.1. The fourth-order valence-corrected chi connectivity index (χ4v) is 4.46. The van der Waals surface area contributed by atoms with Crippen molar-refractivity contribution in [3.63, 3.8) is 0 Å². The minimum absolute atomic E-state index is 0.137.